The fourth-order valence-corrected chi connectivity index (χ4v) is 2.00. The standard InChI is InChI=1S/C16H24N2O4/c1-11(2)13-6-4-5-12(3)14(13)18-16(21)15(20)17-7-9-22-10-8-19/h4-6,11,19H,7-10H2,1-3H3,(H,17,20)(H,18,21). The van der Waals surface area contributed by atoms with E-state index in [1.165, 1.54) is 0 Å². The molecule has 0 unspecified atom stereocenters. The molecule has 6 nitrogen and oxygen atoms in total. The van der Waals surface area contributed by atoms with Crippen LogP contribution in [0.5, 0.6) is 0 Å². The maximum Gasteiger partial charge on any atom is 0.313 e. The molecule has 0 spiro atoms. The second-order valence-electron chi connectivity index (χ2n) is 5.24. The summed E-state index contributed by atoms with van der Waals surface area (Å²) in [5.41, 5.74) is 2.60. The van der Waals surface area contributed by atoms with Gasteiger partial charge in [0.15, 0.2) is 0 Å². The molecule has 1 aromatic carbocycles. The number of carbonyl (C=O) groups is 2. The SMILES string of the molecule is Cc1cccc(C(C)C)c1NC(=O)C(=O)NCCOCCO. The van der Waals surface area contributed by atoms with Crippen molar-refractivity contribution in [3.63, 3.8) is 0 Å². The van der Waals surface area contributed by atoms with Crippen molar-refractivity contribution in [2.24, 2.45) is 0 Å². The number of hydrogen-bond donors (Lipinski definition) is 3. The van der Waals surface area contributed by atoms with Crippen LogP contribution in [0.25, 0.3) is 0 Å². The summed E-state index contributed by atoms with van der Waals surface area (Å²) in [5.74, 6) is -1.16. The quantitative estimate of drug-likeness (QED) is 0.521. The third-order valence-corrected chi connectivity index (χ3v) is 3.14. The van der Waals surface area contributed by atoms with E-state index in [1.807, 2.05) is 39.0 Å². The van der Waals surface area contributed by atoms with Gasteiger partial charge in [0.2, 0.25) is 0 Å². The number of amides is 2. The number of aryl methyl sites for hydroxylation is 1. The largest absolute Gasteiger partial charge is 0.394 e. The Balaban J connectivity index is 2.59. The van der Waals surface area contributed by atoms with Crippen molar-refractivity contribution < 1.29 is 19.4 Å². The fourth-order valence-electron chi connectivity index (χ4n) is 2.00. The summed E-state index contributed by atoms with van der Waals surface area (Å²) in [7, 11) is 0. The molecule has 2 amide bonds. The Labute approximate surface area is 130 Å². The molecule has 0 saturated carbocycles. The van der Waals surface area contributed by atoms with Crippen LogP contribution in [0.2, 0.25) is 0 Å². The predicted molar refractivity (Wildman–Crippen MR) is 84.8 cm³/mol. The fraction of sp³-hybridized carbons (Fsp3) is 0.500. The smallest absolute Gasteiger partial charge is 0.313 e. The van der Waals surface area contributed by atoms with Crippen LogP contribution in [-0.2, 0) is 14.3 Å². The average Bonchev–Trinajstić information content (AvgIpc) is 2.48. The summed E-state index contributed by atoms with van der Waals surface area (Å²) in [6.07, 6.45) is 0. The molecular formula is C16H24N2O4. The van der Waals surface area contributed by atoms with Crippen LogP contribution >= 0.6 is 0 Å². The van der Waals surface area contributed by atoms with E-state index in [1.54, 1.807) is 0 Å². The van der Waals surface area contributed by atoms with Crippen LogP contribution in [0.4, 0.5) is 5.69 Å². The van der Waals surface area contributed by atoms with Gasteiger partial charge in [-0.2, -0.15) is 0 Å². The first-order valence-electron chi connectivity index (χ1n) is 7.34. The van der Waals surface area contributed by atoms with Crippen LogP contribution in [0.3, 0.4) is 0 Å². The summed E-state index contributed by atoms with van der Waals surface area (Å²) in [6.45, 7) is 6.56. The lowest BCUT2D eigenvalue weighted by molar-refractivity contribution is -0.136. The van der Waals surface area contributed by atoms with Gasteiger partial charge in [-0.15, -0.1) is 0 Å². The van der Waals surface area contributed by atoms with Crippen LogP contribution in [0.15, 0.2) is 18.2 Å². The summed E-state index contributed by atoms with van der Waals surface area (Å²) < 4.78 is 5.00. The molecule has 0 aromatic heterocycles. The van der Waals surface area contributed by atoms with E-state index in [2.05, 4.69) is 10.6 Å². The molecule has 6 heteroatoms. The Bertz CT molecular complexity index is 515. The number of hydrogen-bond acceptors (Lipinski definition) is 4. The normalized spacial score (nSPS) is 10.6. The Morgan fingerprint density at radius 3 is 2.59 bits per heavy atom. The number of rotatable bonds is 7. The number of para-hydroxylation sites is 1. The average molecular weight is 308 g/mol. The number of ether oxygens (including phenoxy) is 1. The Morgan fingerprint density at radius 1 is 1.23 bits per heavy atom. The second kappa shape index (κ2) is 9.17. The van der Waals surface area contributed by atoms with E-state index in [0.717, 1.165) is 11.1 Å². The van der Waals surface area contributed by atoms with E-state index >= 15 is 0 Å². The first-order valence-corrected chi connectivity index (χ1v) is 7.34. The maximum absolute atomic E-state index is 12.0. The highest BCUT2D eigenvalue weighted by atomic mass is 16.5. The first-order chi connectivity index (χ1) is 10.5. The van der Waals surface area contributed by atoms with Gasteiger partial charge in [0, 0.05) is 12.2 Å². The van der Waals surface area contributed by atoms with Gasteiger partial charge in [-0.1, -0.05) is 32.0 Å². The van der Waals surface area contributed by atoms with Crippen LogP contribution in [0.1, 0.15) is 30.9 Å². The van der Waals surface area contributed by atoms with Crippen molar-refractivity contribution in [1.82, 2.24) is 5.32 Å². The molecule has 0 saturated heterocycles. The molecule has 0 fully saturated rings. The molecule has 0 aliphatic heterocycles. The number of anilines is 1. The molecule has 22 heavy (non-hydrogen) atoms. The number of aliphatic hydroxyl groups is 1. The minimum atomic E-state index is -0.703. The van der Waals surface area contributed by atoms with Gasteiger partial charge in [-0.3, -0.25) is 9.59 Å². The summed E-state index contributed by atoms with van der Waals surface area (Å²) in [6, 6.07) is 5.76. The first kappa shape index (κ1) is 18.1. The molecule has 0 atom stereocenters. The number of carbonyl (C=O) groups excluding carboxylic acids is 2. The van der Waals surface area contributed by atoms with E-state index in [-0.39, 0.29) is 32.3 Å². The Kier molecular flexibility index (Phi) is 7.56. The monoisotopic (exact) mass is 308 g/mol. The van der Waals surface area contributed by atoms with E-state index < -0.39 is 11.8 Å². The molecule has 0 aliphatic rings. The van der Waals surface area contributed by atoms with Crippen LogP contribution in [-0.4, -0.2) is 43.3 Å². The lowest BCUT2D eigenvalue weighted by Gasteiger charge is -2.16. The minimum absolute atomic E-state index is 0.0697. The second-order valence-corrected chi connectivity index (χ2v) is 5.24. The molecule has 0 heterocycles. The molecule has 122 valence electrons. The molecule has 1 rings (SSSR count). The highest BCUT2D eigenvalue weighted by Gasteiger charge is 2.17. The summed E-state index contributed by atoms with van der Waals surface area (Å²) in [5, 5.41) is 13.7. The zero-order valence-corrected chi connectivity index (χ0v) is 13.3. The topological polar surface area (TPSA) is 87.7 Å². The van der Waals surface area contributed by atoms with Crippen LogP contribution in [0, 0.1) is 6.92 Å². The van der Waals surface area contributed by atoms with Crippen LogP contribution < -0.4 is 10.6 Å². The number of aliphatic hydroxyl groups excluding tert-OH is 1. The minimum Gasteiger partial charge on any atom is -0.394 e. The van der Waals surface area contributed by atoms with Crippen molar-refractivity contribution in [1.29, 1.82) is 0 Å². The van der Waals surface area contributed by atoms with Gasteiger partial charge in [-0.05, 0) is 24.0 Å². The van der Waals surface area contributed by atoms with Gasteiger partial charge in [0.05, 0.1) is 19.8 Å². The van der Waals surface area contributed by atoms with Gasteiger partial charge < -0.3 is 20.5 Å². The van der Waals surface area contributed by atoms with Crippen molar-refractivity contribution in [3.05, 3.63) is 29.3 Å². The van der Waals surface area contributed by atoms with Gasteiger partial charge in [0.25, 0.3) is 0 Å². The number of nitrogens with one attached hydrogen (secondary N) is 2. The van der Waals surface area contributed by atoms with Gasteiger partial charge in [0.1, 0.15) is 0 Å². The summed E-state index contributed by atoms with van der Waals surface area (Å²) >= 11 is 0. The van der Waals surface area contributed by atoms with Crippen molar-refractivity contribution >= 4 is 17.5 Å². The lowest BCUT2D eigenvalue weighted by Crippen LogP contribution is -2.37. The van der Waals surface area contributed by atoms with E-state index in [0.29, 0.717) is 5.69 Å². The zero-order valence-electron chi connectivity index (χ0n) is 13.3. The third kappa shape index (κ3) is 5.46. The summed E-state index contributed by atoms with van der Waals surface area (Å²) in [4.78, 5) is 23.7. The Hall–Kier alpha value is -1.92. The molecule has 0 aliphatic carbocycles. The predicted octanol–water partition coefficient (Wildman–Crippen LogP) is 1.18. The number of benzene rings is 1. The van der Waals surface area contributed by atoms with Crippen molar-refractivity contribution in [3.8, 4) is 0 Å². The maximum atomic E-state index is 12.0. The lowest BCUT2D eigenvalue weighted by atomic mass is 9.98. The third-order valence-electron chi connectivity index (χ3n) is 3.14. The molecular weight excluding hydrogens is 284 g/mol. The molecule has 0 bridgehead atoms. The van der Waals surface area contributed by atoms with E-state index in [4.69, 9.17) is 9.84 Å². The van der Waals surface area contributed by atoms with E-state index in [9.17, 15) is 9.59 Å². The highest BCUT2D eigenvalue weighted by molar-refractivity contribution is 6.39. The highest BCUT2D eigenvalue weighted by Crippen LogP contribution is 2.27. The molecule has 1 aromatic rings. The zero-order chi connectivity index (χ0) is 16.5. The molecule has 3 N–H and O–H groups in total. The van der Waals surface area contributed by atoms with Crippen molar-refractivity contribution in [2.75, 3.05) is 31.7 Å². The van der Waals surface area contributed by atoms with Gasteiger partial charge >= 0.3 is 11.8 Å². The van der Waals surface area contributed by atoms with Crippen molar-refractivity contribution in [2.45, 2.75) is 26.7 Å². The molecule has 0 radical (unpaired) electrons. The van der Waals surface area contributed by atoms with Gasteiger partial charge in [-0.25, -0.2) is 0 Å². The Morgan fingerprint density at radius 2 is 1.95 bits per heavy atom.